The van der Waals surface area contributed by atoms with Crippen LogP contribution in [0.15, 0.2) is 24.3 Å². The fourth-order valence-electron chi connectivity index (χ4n) is 1.45. The summed E-state index contributed by atoms with van der Waals surface area (Å²) in [6.07, 6.45) is 1.15. The maximum absolute atomic E-state index is 5.41. The van der Waals surface area contributed by atoms with Crippen molar-refractivity contribution in [1.29, 1.82) is 0 Å². The number of rotatable bonds is 5. The second-order valence-electron chi connectivity index (χ2n) is 4.01. The quantitative estimate of drug-likeness (QED) is 0.751. The van der Waals surface area contributed by atoms with Gasteiger partial charge in [0, 0.05) is 18.8 Å². The molecule has 0 aliphatic carbocycles. The molecule has 0 aliphatic heterocycles. The molecule has 0 saturated heterocycles. The van der Waals surface area contributed by atoms with Gasteiger partial charge < -0.3 is 11.1 Å². The van der Waals surface area contributed by atoms with Crippen LogP contribution in [0.3, 0.4) is 0 Å². The number of nitrogens with two attached hydrogens (primary N) is 1. The molecular weight excluding hydrogens is 172 g/mol. The summed E-state index contributed by atoms with van der Waals surface area (Å²) in [4.78, 5) is 0. The van der Waals surface area contributed by atoms with Crippen molar-refractivity contribution in [2.75, 3.05) is 18.4 Å². The number of hydrogen-bond acceptors (Lipinski definition) is 2. The van der Waals surface area contributed by atoms with Crippen molar-refractivity contribution in [2.24, 2.45) is 11.7 Å². The fraction of sp³-hybridized carbons (Fsp3) is 0.500. The monoisotopic (exact) mass is 192 g/mol. The van der Waals surface area contributed by atoms with Crippen molar-refractivity contribution in [3.8, 4) is 0 Å². The van der Waals surface area contributed by atoms with Gasteiger partial charge in [0.05, 0.1) is 0 Å². The Morgan fingerprint density at radius 1 is 1.21 bits per heavy atom. The predicted molar refractivity (Wildman–Crippen MR) is 62.5 cm³/mol. The summed E-state index contributed by atoms with van der Waals surface area (Å²) in [5.41, 5.74) is 7.97. The molecule has 0 amide bonds. The Hall–Kier alpha value is -1.02. The number of hydrogen-bond donors (Lipinski definition) is 2. The highest BCUT2D eigenvalue weighted by atomic mass is 14.9. The summed E-state index contributed by atoms with van der Waals surface area (Å²) in [7, 11) is 0. The molecule has 0 aliphatic rings. The molecule has 0 radical (unpaired) electrons. The van der Waals surface area contributed by atoms with Crippen molar-refractivity contribution >= 4 is 5.69 Å². The maximum Gasteiger partial charge on any atom is 0.0340 e. The topological polar surface area (TPSA) is 38.0 Å². The van der Waals surface area contributed by atoms with Crippen molar-refractivity contribution in [1.82, 2.24) is 0 Å². The first-order chi connectivity index (χ1) is 6.72. The SMILES string of the molecule is CC(C)Cc1ccc(NCCN)cc1. The molecule has 0 bridgehead atoms. The second-order valence-corrected chi connectivity index (χ2v) is 4.01. The van der Waals surface area contributed by atoms with Gasteiger partial charge in [0.1, 0.15) is 0 Å². The summed E-state index contributed by atoms with van der Waals surface area (Å²) in [6.45, 7) is 5.98. The van der Waals surface area contributed by atoms with E-state index in [1.165, 1.54) is 5.56 Å². The zero-order chi connectivity index (χ0) is 10.4. The first-order valence-electron chi connectivity index (χ1n) is 5.25. The largest absolute Gasteiger partial charge is 0.384 e. The van der Waals surface area contributed by atoms with Gasteiger partial charge in [0.15, 0.2) is 0 Å². The molecule has 1 aromatic carbocycles. The molecule has 78 valence electrons. The zero-order valence-corrected chi connectivity index (χ0v) is 9.09. The zero-order valence-electron chi connectivity index (χ0n) is 9.09. The van der Waals surface area contributed by atoms with Gasteiger partial charge in [-0.2, -0.15) is 0 Å². The molecule has 2 nitrogen and oxygen atoms in total. The Morgan fingerprint density at radius 3 is 2.36 bits per heavy atom. The van der Waals surface area contributed by atoms with Crippen LogP contribution >= 0.6 is 0 Å². The highest BCUT2D eigenvalue weighted by molar-refractivity contribution is 5.44. The molecule has 0 aromatic heterocycles. The molecule has 0 spiro atoms. The minimum Gasteiger partial charge on any atom is -0.384 e. The van der Waals surface area contributed by atoms with Crippen molar-refractivity contribution in [3.63, 3.8) is 0 Å². The Kier molecular flexibility index (Phi) is 4.47. The van der Waals surface area contributed by atoms with E-state index in [1.807, 2.05) is 0 Å². The van der Waals surface area contributed by atoms with E-state index in [1.54, 1.807) is 0 Å². The van der Waals surface area contributed by atoms with Crippen LogP contribution in [-0.4, -0.2) is 13.1 Å². The smallest absolute Gasteiger partial charge is 0.0340 e. The van der Waals surface area contributed by atoms with Crippen LogP contribution in [0.4, 0.5) is 5.69 Å². The normalized spacial score (nSPS) is 10.6. The van der Waals surface area contributed by atoms with E-state index in [-0.39, 0.29) is 0 Å². The van der Waals surface area contributed by atoms with Crippen molar-refractivity contribution in [2.45, 2.75) is 20.3 Å². The Labute approximate surface area is 86.5 Å². The van der Waals surface area contributed by atoms with Gasteiger partial charge in [-0.1, -0.05) is 26.0 Å². The Balaban J connectivity index is 2.50. The highest BCUT2D eigenvalue weighted by Gasteiger charge is 1.97. The molecule has 0 unspecified atom stereocenters. The molecule has 1 aromatic rings. The van der Waals surface area contributed by atoms with Gasteiger partial charge >= 0.3 is 0 Å². The Bertz CT molecular complexity index is 252. The van der Waals surface area contributed by atoms with E-state index in [2.05, 4.69) is 43.4 Å². The molecule has 0 fully saturated rings. The standard InChI is InChI=1S/C12H20N2/c1-10(2)9-11-3-5-12(6-4-11)14-8-7-13/h3-6,10,14H,7-9,13H2,1-2H3. The summed E-state index contributed by atoms with van der Waals surface area (Å²) in [5.74, 6) is 0.720. The van der Waals surface area contributed by atoms with Crippen LogP contribution in [0, 0.1) is 5.92 Å². The number of anilines is 1. The molecule has 1 rings (SSSR count). The summed E-state index contributed by atoms with van der Waals surface area (Å²) >= 11 is 0. The third-order valence-corrected chi connectivity index (χ3v) is 2.07. The lowest BCUT2D eigenvalue weighted by Crippen LogP contribution is -2.12. The molecule has 0 saturated carbocycles. The number of benzene rings is 1. The van der Waals surface area contributed by atoms with Gasteiger partial charge in [-0.05, 0) is 30.0 Å². The van der Waals surface area contributed by atoms with E-state index in [0.29, 0.717) is 6.54 Å². The molecular formula is C12H20N2. The fourth-order valence-corrected chi connectivity index (χ4v) is 1.45. The minimum absolute atomic E-state index is 0.674. The highest BCUT2D eigenvalue weighted by Crippen LogP contribution is 2.12. The lowest BCUT2D eigenvalue weighted by atomic mass is 10.0. The summed E-state index contributed by atoms with van der Waals surface area (Å²) in [5, 5.41) is 3.25. The van der Waals surface area contributed by atoms with E-state index in [0.717, 1.165) is 24.6 Å². The molecule has 0 atom stereocenters. The van der Waals surface area contributed by atoms with Gasteiger partial charge in [0.25, 0.3) is 0 Å². The van der Waals surface area contributed by atoms with Crippen LogP contribution < -0.4 is 11.1 Å². The average Bonchev–Trinajstić information content (AvgIpc) is 2.16. The van der Waals surface area contributed by atoms with E-state index < -0.39 is 0 Å². The summed E-state index contributed by atoms with van der Waals surface area (Å²) < 4.78 is 0. The van der Waals surface area contributed by atoms with E-state index in [4.69, 9.17) is 5.73 Å². The van der Waals surface area contributed by atoms with Gasteiger partial charge in [-0.3, -0.25) is 0 Å². The molecule has 14 heavy (non-hydrogen) atoms. The average molecular weight is 192 g/mol. The van der Waals surface area contributed by atoms with Gasteiger partial charge in [0.2, 0.25) is 0 Å². The molecule has 0 heterocycles. The van der Waals surface area contributed by atoms with Gasteiger partial charge in [-0.25, -0.2) is 0 Å². The van der Waals surface area contributed by atoms with E-state index in [9.17, 15) is 0 Å². The second kappa shape index (κ2) is 5.66. The third-order valence-electron chi connectivity index (χ3n) is 2.07. The number of nitrogens with one attached hydrogen (secondary N) is 1. The first kappa shape index (κ1) is 11.1. The van der Waals surface area contributed by atoms with Gasteiger partial charge in [-0.15, -0.1) is 0 Å². The van der Waals surface area contributed by atoms with Crippen LogP contribution in [0.2, 0.25) is 0 Å². The predicted octanol–water partition coefficient (Wildman–Crippen LogP) is 2.26. The molecule has 3 N–H and O–H groups in total. The van der Waals surface area contributed by atoms with Crippen LogP contribution in [0.1, 0.15) is 19.4 Å². The third kappa shape index (κ3) is 3.79. The molecule has 2 heteroatoms. The maximum atomic E-state index is 5.41. The Morgan fingerprint density at radius 2 is 1.86 bits per heavy atom. The van der Waals surface area contributed by atoms with Crippen LogP contribution in [0.5, 0.6) is 0 Å². The minimum atomic E-state index is 0.674. The van der Waals surface area contributed by atoms with Crippen LogP contribution in [-0.2, 0) is 6.42 Å². The first-order valence-corrected chi connectivity index (χ1v) is 5.25. The lowest BCUT2D eigenvalue weighted by molar-refractivity contribution is 0.647. The van der Waals surface area contributed by atoms with Crippen LogP contribution in [0.25, 0.3) is 0 Å². The van der Waals surface area contributed by atoms with E-state index >= 15 is 0 Å². The van der Waals surface area contributed by atoms with Crippen molar-refractivity contribution in [3.05, 3.63) is 29.8 Å². The summed E-state index contributed by atoms with van der Waals surface area (Å²) in [6, 6.07) is 8.60. The van der Waals surface area contributed by atoms with Crippen molar-refractivity contribution < 1.29 is 0 Å². The lowest BCUT2D eigenvalue weighted by Gasteiger charge is -2.07.